The smallest absolute Gasteiger partial charge is 0.387 e. The molecule has 2 aromatic carbocycles. The van der Waals surface area contributed by atoms with Crippen LogP contribution in [0, 0.1) is 5.82 Å². The predicted octanol–water partition coefficient (Wildman–Crippen LogP) is 3.42. The second-order valence-corrected chi connectivity index (χ2v) is 6.30. The van der Waals surface area contributed by atoms with Gasteiger partial charge in [0.15, 0.2) is 0 Å². The van der Waals surface area contributed by atoms with Gasteiger partial charge in [0.25, 0.3) is 0 Å². The van der Waals surface area contributed by atoms with Crippen LogP contribution in [0.3, 0.4) is 0 Å². The second kappa shape index (κ2) is 10.5. The van der Waals surface area contributed by atoms with E-state index in [2.05, 4.69) is 15.4 Å². The number of benzene rings is 2. The fraction of sp³-hybridized carbons (Fsp3) is 0.222. The Morgan fingerprint density at radius 3 is 2.37 bits per heavy atom. The Morgan fingerprint density at radius 2 is 1.67 bits per heavy atom. The lowest BCUT2D eigenvalue weighted by atomic mass is 10.2. The van der Waals surface area contributed by atoms with Gasteiger partial charge >= 0.3 is 6.61 Å². The van der Waals surface area contributed by atoms with Gasteiger partial charge in [-0.05, 0) is 30.3 Å². The number of nitrogens with one attached hydrogen (secondary N) is 2. The maximum absolute atomic E-state index is 12.8. The van der Waals surface area contributed by atoms with Gasteiger partial charge in [0.2, 0.25) is 11.8 Å². The number of rotatable bonds is 9. The van der Waals surface area contributed by atoms with E-state index in [1.54, 1.807) is 18.2 Å². The van der Waals surface area contributed by atoms with E-state index in [0.29, 0.717) is 11.3 Å². The van der Waals surface area contributed by atoms with Crippen LogP contribution >= 0.6 is 11.8 Å². The topological polar surface area (TPSA) is 67.4 Å². The summed E-state index contributed by atoms with van der Waals surface area (Å²) in [6, 6.07) is 11.5. The summed E-state index contributed by atoms with van der Waals surface area (Å²) in [5.41, 5.74) is 0.882. The fourth-order valence-electron chi connectivity index (χ4n) is 2.07. The molecule has 0 aromatic heterocycles. The van der Waals surface area contributed by atoms with E-state index in [0.717, 1.165) is 11.8 Å². The van der Waals surface area contributed by atoms with Crippen molar-refractivity contribution in [1.82, 2.24) is 5.32 Å². The van der Waals surface area contributed by atoms with Crippen LogP contribution in [-0.2, 0) is 16.1 Å². The number of amides is 2. The summed E-state index contributed by atoms with van der Waals surface area (Å²) in [5.74, 6) is -1.01. The number of anilines is 1. The lowest BCUT2D eigenvalue weighted by Gasteiger charge is -2.11. The lowest BCUT2D eigenvalue weighted by Crippen LogP contribution is -2.26. The first-order valence-electron chi connectivity index (χ1n) is 7.86. The van der Waals surface area contributed by atoms with Crippen molar-refractivity contribution in [1.29, 1.82) is 0 Å². The minimum atomic E-state index is -2.95. The van der Waals surface area contributed by atoms with E-state index in [4.69, 9.17) is 0 Å². The summed E-state index contributed by atoms with van der Waals surface area (Å²) in [7, 11) is 0. The molecule has 0 saturated heterocycles. The molecule has 0 atom stereocenters. The Kier molecular flexibility index (Phi) is 8.00. The molecule has 27 heavy (non-hydrogen) atoms. The molecular formula is C18H17F3N2O3S. The van der Waals surface area contributed by atoms with Crippen molar-refractivity contribution in [2.24, 2.45) is 0 Å². The zero-order valence-corrected chi connectivity index (χ0v) is 14.9. The molecule has 0 aliphatic carbocycles. The van der Waals surface area contributed by atoms with Crippen molar-refractivity contribution in [2.45, 2.75) is 13.2 Å². The van der Waals surface area contributed by atoms with Crippen LogP contribution in [0.4, 0.5) is 18.9 Å². The molecule has 0 unspecified atom stereocenters. The van der Waals surface area contributed by atoms with E-state index in [1.807, 2.05) is 0 Å². The summed E-state index contributed by atoms with van der Waals surface area (Å²) in [5, 5.41) is 5.16. The van der Waals surface area contributed by atoms with E-state index in [-0.39, 0.29) is 35.6 Å². The highest BCUT2D eigenvalue weighted by Crippen LogP contribution is 2.20. The van der Waals surface area contributed by atoms with Crippen molar-refractivity contribution in [3.8, 4) is 5.75 Å². The van der Waals surface area contributed by atoms with E-state index in [1.165, 1.54) is 30.3 Å². The lowest BCUT2D eigenvalue weighted by molar-refractivity contribution is -0.118. The first kappa shape index (κ1) is 20.6. The molecule has 2 rings (SSSR count). The Balaban J connectivity index is 1.70. The second-order valence-electron chi connectivity index (χ2n) is 5.31. The molecule has 2 N–H and O–H groups in total. The molecule has 144 valence electrons. The summed E-state index contributed by atoms with van der Waals surface area (Å²) in [4.78, 5) is 23.6. The zero-order chi connectivity index (χ0) is 19.6. The highest BCUT2D eigenvalue weighted by Gasteiger charge is 2.11. The molecule has 0 fully saturated rings. The van der Waals surface area contributed by atoms with Crippen LogP contribution in [0.5, 0.6) is 5.75 Å². The number of halogens is 3. The largest absolute Gasteiger partial charge is 0.434 e. The summed E-state index contributed by atoms with van der Waals surface area (Å²) in [6.07, 6.45) is 0. The van der Waals surface area contributed by atoms with Crippen LogP contribution in [0.2, 0.25) is 0 Å². The monoisotopic (exact) mass is 398 g/mol. The highest BCUT2D eigenvalue weighted by molar-refractivity contribution is 8.00. The van der Waals surface area contributed by atoms with E-state index >= 15 is 0 Å². The average molecular weight is 398 g/mol. The van der Waals surface area contributed by atoms with Gasteiger partial charge in [-0.1, -0.05) is 18.2 Å². The summed E-state index contributed by atoms with van der Waals surface area (Å²) in [6.45, 7) is -2.92. The molecule has 2 aromatic rings. The fourth-order valence-corrected chi connectivity index (χ4v) is 2.72. The third-order valence-electron chi connectivity index (χ3n) is 3.26. The van der Waals surface area contributed by atoms with Gasteiger partial charge in [-0.15, -0.1) is 11.8 Å². The molecule has 0 aliphatic rings. The van der Waals surface area contributed by atoms with Gasteiger partial charge in [0.1, 0.15) is 11.6 Å². The third-order valence-corrected chi connectivity index (χ3v) is 4.19. The minimum Gasteiger partial charge on any atom is -0.434 e. The van der Waals surface area contributed by atoms with Crippen molar-refractivity contribution >= 4 is 29.3 Å². The molecule has 0 heterocycles. The molecule has 2 amide bonds. The van der Waals surface area contributed by atoms with Gasteiger partial charge in [0, 0.05) is 17.8 Å². The van der Waals surface area contributed by atoms with Gasteiger partial charge in [0.05, 0.1) is 11.5 Å². The van der Waals surface area contributed by atoms with Crippen LogP contribution in [0.25, 0.3) is 0 Å². The standard InChI is InChI=1S/C18H17F3N2O3S/c19-13-5-7-14(8-6-13)23-17(25)11-27-10-16(24)22-9-12-3-1-2-4-15(12)26-18(20)21/h1-8,18H,9-11H2,(H,22,24)(H,23,25). The molecular weight excluding hydrogens is 381 g/mol. The molecule has 0 saturated carbocycles. The van der Waals surface area contributed by atoms with Crippen LogP contribution < -0.4 is 15.4 Å². The van der Waals surface area contributed by atoms with Crippen molar-refractivity contribution in [3.63, 3.8) is 0 Å². The number of ether oxygens (including phenoxy) is 1. The highest BCUT2D eigenvalue weighted by atomic mass is 32.2. The third kappa shape index (κ3) is 7.61. The van der Waals surface area contributed by atoms with Gasteiger partial charge < -0.3 is 15.4 Å². The van der Waals surface area contributed by atoms with Crippen molar-refractivity contribution in [2.75, 3.05) is 16.8 Å². The first-order chi connectivity index (χ1) is 12.9. The quantitative estimate of drug-likeness (QED) is 0.679. The Morgan fingerprint density at radius 1 is 1.00 bits per heavy atom. The van der Waals surface area contributed by atoms with Crippen LogP contribution in [0.15, 0.2) is 48.5 Å². The SMILES string of the molecule is O=C(CSCC(=O)Nc1ccc(F)cc1)NCc1ccccc1OC(F)F. The Labute approximate surface area is 158 Å². The van der Waals surface area contributed by atoms with Crippen LogP contribution in [0.1, 0.15) is 5.56 Å². The molecule has 9 heteroatoms. The normalized spacial score (nSPS) is 10.5. The molecule has 0 spiro atoms. The van der Waals surface area contributed by atoms with Crippen molar-refractivity contribution in [3.05, 3.63) is 59.9 Å². The number of hydrogen-bond donors (Lipinski definition) is 2. The van der Waals surface area contributed by atoms with Gasteiger partial charge in [-0.25, -0.2) is 4.39 Å². The Hall–Kier alpha value is -2.68. The van der Waals surface area contributed by atoms with Gasteiger partial charge in [-0.3, -0.25) is 9.59 Å². The molecule has 5 nitrogen and oxygen atoms in total. The average Bonchev–Trinajstić information content (AvgIpc) is 2.62. The van der Waals surface area contributed by atoms with Gasteiger partial charge in [-0.2, -0.15) is 8.78 Å². The van der Waals surface area contributed by atoms with E-state index < -0.39 is 12.4 Å². The minimum absolute atomic E-state index is 0.000807. The summed E-state index contributed by atoms with van der Waals surface area (Å²) < 4.78 is 41.9. The Bertz CT molecular complexity index is 773. The van der Waals surface area contributed by atoms with Crippen LogP contribution in [-0.4, -0.2) is 29.9 Å². The zero-order valence-electron chi connectivity index (χ0n) is 14.1. The maximum Gasteiger partial charge on any atom is 0.387 e. The van der Waals surface area contributed by atoms with Crippen molar-refractivity contribution < 1.29 is 27.5 Å². The van der Waals surface area contributed by atoms with E-state index in [9.17, 15) is 22.8 Å². The number of thioether (sulfide) groups is 1. The number of carbonyl (C=O) groups excluding carboxylic acids is 2. The first-order valence-corrected chi connectivity index (χ1v) is 9.02. The number of para-hydroxylation sites is 1. The summed E-state index contributed by atoms with van der Waals surface area (Å²) >= 11 is 1.09. The number of carbonyl (C=O) groups is 2. The molecule has 0 radical (unpaired) electrons. The predicted molar refractivity (Wildman–Crippen MR) is 97.3 cm³/mol. The molecule has 0 aliphatic heterocycles. The maximum atomic E-state index is 12.8. The number of alkyl halides is 2. The number of hydrogen-bond acceptors (Lipinski definition) is 4. The molecule has 0 bridgehead atoms.